The SMILES string of the molecule is CCCCOc1ccc2c(c1)Oc1cc(OCCCC)ccc1C2C1c2ccc(OCCCC)cc2Oc2cc(OCCCC)ccc21. The van der Waals surface area contributed by atoms with Crippen LogP contribution in [-0.2, 0) is 0 Å². The van der Waals surface area contributed by atoms with Gasteiger partial charge in [-0.3, -0.25) is 0 Å². The molecular formula is C42H50O6. The summed E-state index contributed by atoms with van der Waals surface area (Å²) in [4.78, 5) is 0. The average molecular weight is 651 g/mol. The molecule has 4 aromatic carbocycles. The molecule has 0 N–H and O–H groups in total. The molecule has 254 valence electrons. The van der Waals surface area contributed by atoms with Gasteiger partial charge >= 0.3 is 0 Å². The first-order valence-corrected chi connectivity index (χ1v) is 18.1. The van der Waals surface area contributed by atoms with Crippen LogP contribution < -0.4 is 28.4 Å². The van der Waals surface area contributed by atoms with E-state index in [-0.39, 0.29) is 11.8 Å². The minimum Gasteiger partial charge on any atom is -0.493 e. The van der Waals surface area contributed by atoms with Crippen LogP contribution in [0.15, 0.2) is 72.8 Å². The summed E-state index contributed by atoms with van der Waals surface area (Å²) in [5.74, 6) is 6.37. The second-order valence-electron chi connectivity index (χ2n) is 12.8. The second-order valence-corrected chi connectivity index (χ2v) is 12.8. The second kappa shape index (κ2) is 16.2. The van der Waals surface area contributed by atoms with Crippen molar-refractivity contribution in [3.63, 3.8) is 0 Å². The largest absolute Gasteiger partial charge is 0.493 e. The van der Waals surface area contributed by atoms with E-state index in [0.29, 0.717) is 26.4 Å². The maximum Gasteiger partial charge on any atom is 0.134 e. The van der Waals surface area contributed by atoms with Crippen molar-refractivity contribution < 1.29 is 28.4 Å². The summed E-state index contributed by atoms with van der Waals surface area (Å²) < 4.78 is 37.9. The van der Waals surface area contributed by atoms with Crippen LogP contribution in [0, 0.1) is 0 Å². The third kappa shape index (κ3) is 7.53. The van der Waals surface area contributed by atoms with Gasteiger partial charge in [-0.1, -0.05) is 77.6 Å². The van der Waals surface area contributed by atoms with Crippen molar-refractivity contribution in [3.8, 4) is 46.0 Å². The van der Waals surface area contributed by atoms with E-state index in [2.05, 4.69) is 76.2 Å². The molecule has 0 aliphatic carbocycles. The summed E-state index contributed by atoms with van der Waals surface area (Å²) in [5, 5.41) is 0. The quantitative estimate of drug-likeness (QED) is 0.106. The molecule has 4 aromatic rings. The van der Waals surface area contributed by atoms with Gasteiger partial charge in [0.05, 0.1) is 26.4 Å². The first kappa shape index (κ1) is 33.6. The highest BCUT2D eigenvalue weighted by Crippen LogP contribution is 2.58. The van der Waals surface area contributed by atoms with Crippen LogP contribution in [0.2, 0.25) is 0 Å². The zero-order valence-corrected chi connectivity index (χ0v) is 29.0. The van der Waals surface area contributed by atoms with Crippen molar-refractivity contribution in [3.05, 3.63) is 95.1 Å². The Labute approximate surface area is 286 Å². The van der Waals surface area contributed by atoms with Gasteiger partial charge < -0.3 is 28.4 Å². The number of hydrogen-bond donors (Lipinski definition) is 0. The van der Waals surface area contributed by atoms with E-state index < -0.39 is 0 Å². The molecule has 6 rings (SSSR count). The fourth-order valence-corrected chi connectivity index (χ4v) is 6.43. The van der Waals surface area contributed by atoms with Crippen molar-refractivity contribution in [2.45, 2.75) is 90.9 Å². The Morgan fingerprint density at radius 2 is 0.646 bits per heavy atom. The summed E-state index contributed by atoms with van der Waals surface area (Å²) in [5.41, 5.74) is 4.45. The van der Waals surface area contributed by atoms with Gasteiger partial charge in [-0.15, -0.1) is 0 Å². The standard InChI is InChI=1S/C42H50O6/c1-5-9-21-43-29-13-17-33-37(25-29)47-38-26-30(44-22-10-6-2)14-18-34(38)41(33)42-35-19-15-31(45-23-11-7-3)27-39(35)48-40-28-32(16-20-36(40)42)46-24-12-8-4/h13-20,25-28,41-42H,5-12,21-24H2,1-4H3. The van der Waals surface area contributed by atoms with Crippen molar-refractivity contribution in [1.82, 2.24) is 0 Å². The number of hydrogen-bond acceptors (Lipinski definition) is 6. The van der Waals surface area contributed by atoms with Gasteiger partial charge in [0.2, 0.25) is 0 Å². The fraction of sp³-hybridized carbons (Fsp3) is 0.429. The van der Waals surface area contributed by atoms with Crippen LogP contribution in [0.3, 0.4) is 0 Å². The van der Waals surface area contributed by atoms with E-state index in [1.165, 1.54) is 0 Å². The maximum absolute atomic E-state index is 6.69. The van der Waals surface area contributed by atoms with E-state index in [1.54, 1.807) is 0 Å². The lowest BCUT2D eigenvalue weighted by Gasteiger charge is -2.38. The number of ether oxygens (including phenoxy) is 6. The first-order valence-electron chi connectivity index (χ1n) is 18.1. The Morgan fingerprint density at radius 1 is 0.396 bits per heavy atom. The van der Waals surface area contributed by atoms with Gasteiger partial charge in [0.25, 0.3) is 0 Å². The third-order valence-corrected chi connectivity index (χ3v) is 9.12. The van der Waals surface area contributed by atoms with E-state index in [9.17, 15) is 0 Å². The molecule has 0 fully saturated rings. The smallest absolute Gasteiger partial charge is 0.134 e. The molecule has 0 atom stereocenters. The van der Waals surface area contributed by atoms with Gasteiger partial charge in [0.1, 0.15) is 46.0 Å². The Bertz CT molecular complexity index is 1420. The molecule has 0 saturated heterocycles. The minimum atomic E-state index is -0.0572. The molecule has 2 aliphatic rings. The van der Waals surface area contributed by atoms with Gasteiger partial charge in [0, 0.05) is 58.4 Å². The van der Waals surface area contributed by atoms with Crippen LogP contribution in [0.1, 0.15) is 113 Å². The van der Waals surface area contributed by atoms with Crippen LogP contribution in [0.4, 0.5) is 0 Å². The van der Waals surface area contributed by atoms with E-state index in [0.717, 1.165) is 120 Å². The Hall–Kier alpha value is -4.32. The molecule has 0 bridgehead atoms. The van der Waals surface area contributed by atoms with Crippen molar-refractivity contribution >= 4 is 0 Å². The zero-order chi connectivity index (χ0) is 33.3. The highest BCUT2D eigenvalue weighted by Gasteiger charge is 2.40. The summed E-state index contributed by atoms with van der Waals surface area (Å²) in [7, 11) is 0. The number of rotatable bonds is 17. The number of benzene rings is 4. The van der Waals surface area contributed by atoms with Crippen LogP contribution in [0.5, 0.6) is 46.0 Å². The summed E-state index contributed by atoms with van der Waals surface area (Å²) in [6, 6.07) is 25.2. The van der Waals surface area contributed by atoms with Crippen LogP contribution in [-0.4, -0.2) is 26.4 Å². The highest BCUT2D eigenvalue weighted by molar-refractivity contribution is 5.65. The lowest BCUT2D eigenvalue weighted by Crippen LogP contribution is -2.22. The lowest BCUT2D eigenvalue weighted by molar-refractivity contribution is 0.303. The molecule has 2 heterocycles. The molecule has 2 aliphatic heterocycles. The number of unbranched alkanes of at least 4 members (excludes halogenated alkanes) is 4. The summed E-state index contributed by atoms with van der Waals surface area (Å²) >= 11 is 0. The Balaban J connectivity index is 1.46. The van der Waals surface area contributed by atoms with Crippen molar-refractivity contribution in [1.29, 1.82) is 0 Å². The average Bonchev–Trinajstić information content (AvgIpc) is 3.10. The topological polar surface area (TPSA) is 55.4 Å². The first-order chi connectivity index (χ1) is 23.6. The Morgan fingerprint density at radius 3 is 0.875 bits per heavy atom. The molecule has 0 unspecified atom stereocenters. The van der Waals surface area contributed by atoms with Crippen molar-refractivity contribution in [2.24, 2.45) is 0 Å². The minimum absolute atomic E-state index is 0.0572. The highest BCUT2D eigenvalue weighted by atomic mass is 16.5. The monoisotopic (exact) mass is 650 g/mol. The molecule has 0 saturated carbocycles. The van der Waals surface area contributed by atoms with E-state index in [4.69, 9.17) is 28.4 Å². The van der Waals surface area contributed by atoms with Gasteiger partial charge in [-0.05, 0) is 49.9 Å². The molecule has 48 heavy (non-hydrogen) atoms. The van der Waals surface area contributed by atoms with Gasteiger partial charge in [0.15, 0.2) is 0 Å². The molecule has 6 heteroatoms. The molecule has 0 aromatic heterocycles. The normalized spacial score (nSPS) is 13.3. The third-order valence-electron chi connectivity index (χ3n) is 9.12. The lowest BCUT2D eigenvalue weighted by atomic mass is 9.71. The predicted molar refractivity (Wildman–Crippen MR) is 191 cm³/mol. The van der Waals surface area contributed by atoms with Gasteiger partial charge in [-0.25, -0.2) is 0 Å². The van der Waals surface area contributed by atoms with Crippen molar-refractivity contribution in [2.75, 3.05) is 26.4 Å². The summed E-state index contributed by atoms with van der Waals surface area (Å²) in [6.45, 7) is 11.4. The summed E-state index contributed by atoms with van der Waals surface area (Å²) in [6.07, 6.45) is 8.34. The molecule has 0 spiro atoms. The predicted octanol–water partition coefficient (Wildman–Crippen LogP) is 11.6. The van der Waals surface area contributed by atoms with E-state index in [1.807, 2.05) is 24.3 Å². The zero-order valence-electron chi connectivity index (χ0n) is 29.0. The molecule has 0 radical (unpaired) electrons. The molecule has 6 nitrogen and oxygen atoms in total. The fourth-order valence-electron chi connectivity index (χ4n) is 6.43. The number of fused-ring (bicyclic) bond motifs is 4. The van der Waals surface area contributed by atoms with Gasteiger partial charge in [-0.2, -0.15) is 0 Å². The van der Waals surface area contributed by atoms with E-state index >= 15 is 0 Å². The van der Waals surface area contributed by atoms with Crippen LogP contribution >= 0.6 is 0 Å². The maximum atomic E-state index is 6.69. The van der Waals surface area contributed by atoms with Crippen LogP contribution in [0.25, 0.3) is 0 Å². The Kier molecular flexibility index (Phi) is 11.3. The molecule has 0 amide bonds. The molecular weight excluding hydrogens is 600 g/mol.